The van der Waals surface area contributed by atoms with Gasteiger partial charge in [-0.1, -0.05) is 29.4 Å². The summed E-state index contributed by atoms with van der Waals surface area (Å²) < 4.78 is 0. The van der Waals surface area contributed by atoms with Gasteiger partial charge in [-0.25, -0.2) is 0 Å². The lowest BCUT2D eigenvalue weighted by molar-refractivity contribution is -0.117. The van der Waals surface area contributed by atoms with Crippen molar-refractivity contribution in [2.45, 2.75) is 20.0 Å². The standard InChI is InChI=1S/C14H16ClNO3S/c1-9(18)20-8-10-4-14(19)16(6-10)13-5-12(15)3-2-11(13)7-17/h2-3,5,10,17H,4,6-8H2,1H3. The molecule has 20 heavy (non-hydrogen) atoms. The molecule has 6 heteroatoms. The fourth-order valence-electron chi connectivity index (χ4n) is 2.28. The molecule has 1 saturated heterocycles. The van der Waals surface area contributed by atoms with Crippen LogP contribution >= 0.6 is 23.4 Å². The van der Waals surface area contributed by atoms with Gasteiger partial charge in [0.15, 0.2) is 5.12 Å². The summed E-state index contributed by atoms with van der Waals surface area (Å²) in [6.45, 7) is 1.95. The van der Waals surface area contributed by atoms with Crippen molar-refractivity contribution in [3.63, 3.8) is 0 Å². The highest BCUT2D eigenvalue weighted by Gasteiger charge is 2.31. The Labute approximate surface area is 127 Å². The van der Waals surface area contributed by atoms with E-state index in [2.05, 4.69) is 0 Å². The van der Waals surface area contributed by atoms with Crippen LogP contribution in [0, 0.1) is 5.92 Å². The second kappa shape index (κ2) is 6.61. The quantitative estimate of drug-likeness (QED) is 0.927. The van der Waals surface area contributed by atoms with Crippen LogP contribution in [0.4, 0.5) is 5.69 Å². The number of rotatable bonds is 4. The number of halogens is 1. The second-order valence-corrected chi connectivity index (χ2v) is 6.44. The largest absolute Gasteiger partial charge is 0.392 e. The molecule has 0 radical (unpaired) electrons. The number of carbonyl (C=O) groups excluding carboxylic acids is 2. The fraction of sp³-hybridized carbons (Fsp3) is 0.429. The van der Waals surface area contributed by atoms with Gasteiger partial charge in [0.05, 0.1) is 12.3 Å². The maximum Gasteiger partial charge on any atom is 0.227 e. The SMILES string of the molecule is CC(=O)SCC1CC(=O)N(c2cc(Cl)ccc2CO)C1. The molecule has 108 valence electrons. The third-order valence-corrected chi connectivity index (χ3v) is 4.52. The average Bonchev–Trinajstić information content (AvgIpc) is 2.77. The first kappa shape index (κ1) is 15.4. The Balaban J connectivity index is 2.15. The maximum atomic E-state index is 12.1. The Hall–Kier alpha value is -1.04. The Bertz CT molecular complexity index is 535. The van der Waals surface area contributed by atoms with Crippen LogP contribution < -0.4 is 4.90 Å². The van der Waals surface area contributed by atoms with Crippen molar-refractivity contribution in [2.24, 2.45) is 5.92 Å². The molecule has 0 aliphatic carbocycles. The molecular formula is C14H16ClNO3S. The molecule has 1 fully saturated rings. The summed E-state index contributed by atoms with van der Waals surface area (Å²) in [5.41, 5.74) is 1.35. The van der Waals surface area contributed by atoms with Gasteiger partial charge < -0.3 is 10.0 Å². The normalized spacial score (nSPS) is 18.6. The van der Waals surface area contributed by atoms with Gasteiger partial charge in [0.2, 0.25) is 5.91 Å². The zero-order valence-corrected chi connectivity index (χ0v) is 12.7. The predicted octanol–water partition coefficient (Wildman–Crippen LogP) is 2.46. The number of hydrogen-bond donors (Lipinski definition) is 1. The van der Waals surface area contributed by atoms with E-state index in [1.54, 1.807) is 23.1 Å². The first-order chi connectivity index (χ1) is 9.51. The first-order valence-electron chi connectivity index (χ1n) is 6.34. The van der Waals surface area contributed by atoms with Gasteiger partial charge in [0, 0.05) is 36.2 Å². The van der Waals surface area contributed by atoms with Gasteiger partial charge in [0.25, 0.3) is 0 Å². The van der Waals surface area contributed by atoms with Crippen molar-refractivity contribution >= 4 is 40.1 Å². The van der Waals surface area contributed by atoms with Crippen LogP contribution in [0.5, 0.6) is 0 Å². The number of carbonyl (C=O) groups is 2. The van der Waals surface area contributed by atoms with E-state index in [9.17, 15) is 14.7 Å². The molecule has 0 spiro atoms. The van der Waals surface area contributed by atoms with Crippen LogP contribution in [0.2, 0.25) is 5.02 Å². The number of thioether (sulfide) groups is 1. The van der Waals surface area contributed by atoms with Gasteiger partial charge in [-0.3, -0.25) is 9.59 Å². The molecule has 0 saturated carbocycles. The number of aliphatic hydroxyl groups is 1. The number of nitrogens with zero attached hydrogens (tertiary/aromatic N) is 1. The van der Waals surface area contributed by atoms with Crippen molar-refractivity contribution in [3.8, 4) is 0 Å². The van der Waals surface area contributed by atoms with Crippen LogP contribution in [-0.4, -0.2) is 28.4 Å². The summed E-state index contributed by atoms with van der Waals surface area (Å²) in [5, 5.41) is 9.97. The van der Waals surface area contributed by atoms with Crippen LogP contribution in [0.1, 0.15) is 18.9 Å². The van der Waals surface area contributed by atoms with Crippen LogP contribution in [0.15, 0.2) is 18.2 Å². The zero-order valence-electron chi connectivity index (χ0n) is 11.1. The topological polar surface area (TPSA) is 57.6 Å². The summed E-state index contributed by atoms with van der Waals surface area (Å²) in [6.07, 6.45) is 0.428. The second-order valence-electron chi connectivity index (χ2n) is 4.81. The Morgan fingerprint density at radius 1 is 1.55 bits per heavy atom. The van der Waals surface area contributed by atoms with Crippen LogP contribution in [0.25, 0.3) is 0 Å². The van der Waals surface area contributed by atoms with E-state index in [0.29, 0.717) is 35.0 Å². The van der Waals surface area contributed by atoms with Crippen molar-refractivity contribution in [2.75, 3.05) is 17.2 Å². The molecule has 1 amide bonds. The molecule has 0 bridgehead atoms. The van der Waals surface area contributed by atoms with E-state index in [-0.39, 0.29) is 23.5 Å². The first-order valence-corrected chi connectivity index (χ1v) is 7.70. The number of amides is 1. The van der Waals surface area contributed by atoms with E-state index >= 15 is 0 Å². The highest BCUT2D eigenvalue weighted by atomic mass is 35.5. The molecule has 1 unspecified atom stereocenters. The van der Waals surface area contributed by atoms with E-state index < -0.39 is 0 Å². The smallest absolute Gasteiger partial charge is 0.227 e. The van der Waals surface area contributed by atoms with Crippen LogP contribution in [0.3, 0.4) is 0 Å². The molecule has 1 aliphatic rings. The summed E-state index contributed by atoms with van der Waals surface area (Å²) in [5.74, 6) is 0.810. The lowest BCUT2D eigenvalue weighted by atomic mass is 10.1. The molecular weight excluding hydrogens is 298 g/mol. The molecule has 1 atom stereocenters. The van der Waals surface area contributed by atoms with E-state index in [4.69, 9.17) is 11.6 Å². The van der Waals surface area contributed by atoms with E-state index in [1.165, 1.54) is 18.7 Å². The van der Waals surface area contributed by atoms with Crippen molar-refractivity contribution in [1.82, 2.24) is 0 Å². The summed E-state index contributed by atoms with van der Waals surface area (Å²) >= 11 is 7.22. The number of aliphatic hydroxyl groups excluding tert-OH is 1. The Morgan fingerprint density at radius 2 is 2.30 bits per heavy atom. The Kier molecular flexibility index (Phi) is 5.07. The molecule has 1 heterocycles. The number of benzene rings is 1. The lowest BCUT2D eigenvalue weighted by Gasteiger charge is -2.20. The monoisotopic (exact) mass is 313 g/mol. The molecule has 1 N–H and O–H groups in total. The molecule has 1 aromatic rings. The van der Waals surface area contributed by atoms with Gasteiger partial charge in [-0.15, -0.1) is 0 Å². The van der Waals surface area contributed by atoms with Gasteiger partial charge in [0.1, 0.15) is 0 Å². The Morgan fingerprint density at radius 3 is 2.95 bits per heavy atom. The van der Waals surface area contributed by atoms with Crippen molar-refractivity contribution < 1.29 is 14.7 Å². The lowest BCUT2D eigenvalue weighted by Crippen LogP contribution is -2.26. The molecule has 1 aliphatic heterocycles. The van der Waals surface area contributed by atoms with Crippen LogP contribution in [-0.2, 0) is 16.2 Å². The molecule has 1 aromatic carbocycles. The summed E-state index contributed by atoms with van der Waals surface area (Å²) in [6, 6.07) is 5.12. The van der Waals surface area contributed by atoms with Gasteiger partial charge >= 0.3 is 0 Å². The average molecular weight is 314 g/mol. The number of anilines is 1. The molecule has 0 aromatic heterocycles. The minimum Gasteiger partial charge on any atom is -0.392 e. The third kappa shape index (κ3) is 3.53. The summed E-state index contributed by atoms with van der Waals surface area (Å²) in [4.78, 5) is 24.8. The highest BCUT2D eigenvalue weighted by Crippen LogP contribution is 2.31. The maximum absolute atomic E-state index is 12.1. The zero-order chi connectivity index (χ0) is 14.7. The highest BCUT2D eigenvalue weighted by molar-refractivity contribution is 8.13. The van der Waals surface area contributed by atoms with Gasteiger partial charge in [-0.2, -0.15) is 0 Å². The van der Waals surface area contributed by atoms with Crippen molar-refractivity contribution in [1.29, 1.82) is 0 Å². The van der Waals surface area contributed by atoms with E-state index in [0.717, 1.165) is 0 Å². The van der Waals surface area contributed by atoms with E-state index in [1.807, 2.05) is 0 Å². The molecule has 4 nitrogen and oxygen atoms in total. The summed E-state index contributed by atoms with van der Waals surface area (Å²) in [7, 11) is 0. The van der Waals surface area contributed by atoms with Crippen molar-refractivity contribution in [3.05, 3.63) is 28.8 Å². The predicted molar refractivity (Wildman–Crippen MR) is 81.0 cm³/mol. The fourth-order valence-corrected chi connectivity index (χ4v) is 3.14. The third-order valence-electron chi connectivity index (χ3n) is 3.24. The minimum atomic E-state index is -0.136. The number of hydrogen-bond acceptors (Lipinski definition) is 4. The molecule has 2 rings (SSSR count). The minimum absolute atomic E-state index is 0.0103. The van der Waals surface area contributed by atoms with Gasteiger partial charge in [-0.05, 0) is 18.1 Å².